The number of carbonyl (C=O) groups is 1. The van der Waals surface area contributed by atoms with Gasteiger partial charge >= 0.3 is 0 Å². The normalized spacial score (nSPS) is 27.2. The Hall–Kier alpha value is -1.31. The molecule has 0 saturated heterocycles. The molecule has 90 valence electrons. The number of benzene rings is 1. The van der Waals surface area contributed by atoms with Gasteiger partial charge in [0.15, 0.2) is 0 Å². The lowest BCUT2D eigenvalue weighted by atomic mass is 9.68. The highest BCUT2D eigenvalue weighted by Gasteiger charge is 2.34. The van der Waals surface area contributed by atoms with Crippen LogP contribution in [0.2, 0.25) is 0 Å². The van der Waals surface area contributed by atoms with Crippen LogP contribution >= 0.6 is 0 Å². The van der Waals surface area contributed by atoms with Crippen LogP contribution in [0.3, 0.4) is 0 Å². The van der Waals surface area contributed by atoms with Crippen molar-refractivity contribution in [3.8, 4) is 5.75 Å². The molecule has 0 heterocycles. The standard InChI is InChI=1S/C15H18O2/c1-17-13-7-5-11-3-2-10-4-6-12(16)8-14(10)15(11)9-13/h5,7,9-10,14H,2-4,6,8H2,1H3/t10-,14-/m1/s1. The highest BCUT2D eigenvalue weighted by Crippen LogP contribution is 2.44. The van der Waals surface area contributed by atoms with Crippen LogP contribution in [0.4, 0.5) is 0 Å². The molecule has 1 aromatic carbocycles. The summed E-state index contributed by atoms with van der Waals surface area (Å²) >= 11 is 0. The first-order chi connectivity index (χ1) is 8.28. The first kappa shape index (κ1) is 10.8. The Morgan fingerprint density at radius 1 is 1.24 bits per heavy atom. The summed E-state index contributed by atoms with van der Waals surface area (Å²) in [4.78, 5) is 11.7. The van der Waals surface area contributed by atoms with Crippen molar-refractivity contribution in [2.75, 3.05) is 7.11 Å². The lowest BCUT2D eigenvalue weighted by molar-refractivity contribution is -0.121. The lowest BCUT2D eigenvalue weighted by Crippen LogP contribution is -2.28. The zero-order valence-electron chi connectivity index (χ0n) is 10.2. The van der Waals surface area contributed by atoms with Gasteiger partial charge in [-0.25, -0.2) is 0 Å². The summed E-state index contributed by atoms with van der Waals surface area (Å²) in [6.45, 7) is 0. The first-order valence-corrected chi connectivity index (χ1v) is 6.46. The number of rotatable bonds is 1. The number of fused-ring (bicyclic) bond motifs is 3. The van der Waals surface area contributed by atoms with Crippen molar-refractivity contribution >= 4 is 5.78 Å². The fourth-order valence-electron chi connectivity index (χ4n) is 3.38. The van der Waals surface area contributed by atoms with Crippen LogP contribution in [0.15, 0.2) is 18.2 Å². The quantitative estimate of drug-likeness (QED) is 0.741. The maximum absolute atomic E-state index is 11.7. The average molecular weight is 230 g/mol. The number of hydrogen-bond donors (Lipinski definition) is 0. The van der Waals surface area contributed by atoms with Gasteiger partial charge in [-0.05, 0) is 54.4 Å². The molecule has 0 amide bonds. The van der Waals surface area contributed by atoms with Crippen molar-refractivity contribution in [1.82, 2.24) is 0 Å². The zero-order valence-corrected chi connectivity index (χ0v) is 10.2. The van der Waals surface area contributed by atoms with E-state index in [4.69, 9.17) is 4.74 Å². The van der Waals surface area contributed by atoms with E-state index >= 15 is 0 Å². The molecule has 17 heavy (non-hydrogen) atoms. The van der Waals surface area contributed by atoms with Crippen LogP contribution in [0.25, 0.3) is 0 Å². The van der Waals surface area contributed by atoms with Crippen LogP contribution in [-0.2, 0) is 11.2 Å². The third-order valence-corrected chi connectivity index (χ3v) is 4.35. The van der Waals surface area contributed by atoms with Gasteiger partial charge in [-0.1, -0.05) is 6.07 Å². The van der Waals surface area contributed by atoms with E-state index in [-0.39, 0.29) is 0 Å². The molecule has 0 N–H and O–H groups in total. The van der Waals surface area contributed by atoms with E-state index in [1.807, 2.05) is 6.07 Å². The maximum atomic E-state index is 11.7. The van der Waals surface area contributed by atoms with E-state index in [1.54, 1.807) is 7.11 Å². The number of carbonyl (C=O) groups excluding carboxylic acids is 1. The molecule has 0 unspecified atom stereocenters. The lowest BCUT2D eigenvalue weighted by Gasteiger charge is -2.36. The third kappa shape index (κ3) is 1.86. The molecule has 2 atom stereocenters. The molecule has 3 rings (SSSR count). The van der Waals surface area contributed by atoms with E-state index in [9.17, 15) is 4.79 Å². The summed E-state index contributed by atoms with van der Waals surface area (Å²) in [6.07, 6.45) is 5.03. The molecule has 0 spiro atoms. The molecule has 0 radical (unpaired) electrons. The molecule has 0 aliphatic heterocycles. The van der Waals surface area contributed by atoms with E-state index in [1.165, 1.54) is 17.5 Å². The van der Waals surface area contributed by atoms with E-state index < -0.39 is 0 Å². The second kappa shape index (κ2) is 4.17. The van der Waals surface area contributed by atoms with Crippen LogP contribution in [-0.4, -0.2) is 12.9 Å². The van der Waals surface area contributed by atoms with Crippen molar-refractivity contribution in [3.05, 3.63) is 29.3 Å². The third-order valence-electron chi connectivity index (χ3n) is 4.35. The molecule has 0 bridgehead atoms. The number of ketones is 1. The van der Waals surface area contributed by atoms with E-state index in [2.05, 4.69) is 12.1 Å². The predicted molar refractivity (Wildman–Crippen MR) is 66.4 cm³/mol. The van der Waals surface area contributed by atoms with Gasteiger partial charge in [0, 0.05) is 12.8 Å². The first-order valence-electron chi connectivity index (χ1n) is 6.46. The molecule has 1 aromatic rings. The number of Topliss-reactive ketones (excluding diaryl/α,β-unsaturated/α-hetero) is 1. The minimum absolute atomic E-state index is 0.432. The highest BCUT2D eigenvalue weighted by molar-refractivity contribution is 5.80. The number of aryl methyl sites for hydroxylation is 1. The summed E-state index contributed by atoms with van der Waals surface area (Å²) in [6, 6.07) is 6.35. The van der Waals surface area contributed by atoms with Gasteiger partial charge in [-0.15, -0.1) is 0 Å². The van der Waals surface area contributed by atoms with Gasteiger partial charge in [0.25, 0.3) is 0 Å². The molecule has 2 aliphatic carbocycles. The zero-order chi connectivity index (χ0) is 11.8. The molecule has 2 aliphatic rings. The number of methoxy groups -OCH3 is 1. The Morgan fingerprint density at radius 2 is 2.06 bits per heavy atom. The second-order valence-electron chi connectivity index (χ2n) is 5.25. The molecular weight excluding hydrogens is 212 g/mol. The summed E-state index contributed by atoms with van der Waals surface area (Å²) in [5.41, 5.74) is 2.79. The Bertz CT molecular complexity index is 450. The molecular formula is C15H18O2. The fourth-order valence-corrected chi connectivity index (χ4v) is 3.38. The average Bonchev–Trinajstić information content (AvgIpc) is 2.38. The Balaban J connectivity index is 2.00. The van der Waals surface area contributed by atoms with Crippen molar-refractivity contribution in [3.63, 3.8) is 0 Å². The number of ether oxygens (including phenoxy) is 1. The van der Waals surface area contributed by atoms with Crippen molar-refractivity contribution in [2.24, 2.45) is 5.92 Å². The van der Waals surface area contributed by atoms with Crippen LogP contribution in [0, 0.1) is 5.92 Å². The minimum atomic E-state index is 0.432. The summed E-state index contributed by atoms with van der Waals surface area (Å²) in [5, 5.41) is 0. The van der Waals surface area contributed by atoms with Gasteiger partial charge in [0.05, 0.1) is 7.11 Å². The Labute approximate surface area is 102 Å². The second-order valence-corrected chi connectivity index (χ2v) is 5.25. The van der Waals surface area contributed by atoms with Crippen LogP contribution in [0.5, 0.6) is 5.75 Å². The predicted octanol–water partition coefficient (Wildman–Crippen LogP) is 3.09. The Morgan fingerprint density at radius 3 is 2.88 bits per heavy atom. The number of hydrogen-bond acceptors (Lipinski definition) is 2. The molecule has 0 aromatic heterocycles. The van der Waals surface area contributed by atoms with E-state index in [0.29, 0.717) is 17.6 Å². The monoisotopic (exact) mass is 230 g/mol. The topological polar surface area (TPSA) is 26.3 Å². The SMILES string of the molecule is COc1ccc2c(c1)[C@@H]1CC(=O)CC[C@H]1CC2. The highest BCUT2D eigenvalue weighted by atomic mass is 16.5. The van der Waals surface area contributed by atoms with Gasteiger partial charge in [0.1, 0.15) is 11.5 Å². The summed E-state index contributed by atoms with van der Waals surface area (Å²) in [5.74, 6) is 2.52. The summed E-state index contributed by atoms with van der Waals surface area (Å²) < 4.78 is 5.30. The smallest absolute Gasteiger partial charge is 0.133 e. The molecule has 2 nitrogen and oxygen atoms in total. The molecule has 2 heteroatoms. The summed E-state index contributed by atoms with van der Waals surface area (Å²) in [7, 11) is 1.70. The van der Waals surface area contributed by atoms with Gasteiger partial charge in [0.2, 0.25) is 0 Å². The largest absolute Gasteiger partial charge is 0.497 e. The maximum Gasteiger partial charge on any atom is 0.133 e. The van der Waals surface area contributed by atoms with Crippen molar-refractivity contribution < 1.29 is 9.53 Å². The van der Waals surface area contributed by atoms with Gasteiger partial charge in [-0.2, -0.15) is 0 Å². The van der Waals surface area contributed by atoms with Crippen molar-refractivity contribution in [2.45, 2.75) is 38.0 Å². The molecule has 1 fully saturated rings. The van der Waals surface area contributed by atoms with Crippen LogP contribution in [0.1, 0.15) is 42.7 Å². The molecule has 1 saturated carbocycles. The fraction of sp³-hybridized carbons (Fsp3) is 0.533. The van der Waals surface area contributed by atoms with Crippen LogP contribution < -0.4 is 4.74 Å². The van der Waals surface area contributed by atoms with E-state index in [0.717, 1.165) is 31.4 Å². The Kier molecular flexibility index (Phi) is 2.65. The van der Waals surface area contributed by atoms with Crippen molar-refractivity contribution in [1.29, 1.82) is 0 Å². The van der Waals surface area contributed by atoms with Gasteiger partial charge in [-0.3, -0.25) is 4.79 Å². The minimum Gasteiger partial charge on any atom is -0.497 e. The van der Waals surface area contributed by atoms with Gasteiger partial charge < -0.3 is 4.74 Å².